The Hall–Kier alpha value is -1.33. The Balaban J connectivity index is 2.23. The molecule has 1 aromatic heterocycles. The maximum atomic E-state index is 12.2. The molecule has 1 N–H and O–H groups in total. The van der Waals surface area contributed by atoms with Crippen LogP contribution < -0.4 is 5.32 Å². The predicted octanol–water partition coefficient (Wildman–Crippen LogP) is 4.13. The van der Waals surface area contributed by atoms with Crippen LogP contribution in [0, 0.1) is 6.92 Å². The fraction of sp³-hybridized carbons (Fsp3) is 0.143. The third-order valence-electron chi connectivity index (χ3n) is 2.62. The molecule has 19 heavy (non-hydrogen) atoms. The molecule has 1 heterocycles. The van der Waals surface area contributed by atoms with Gasteiger partial charge in [0.2, 0.25) is 0 Å². The van der Waals surface area contributed by atoms with E-state index in [4.69, 9.17) is 0 Å². The number of aryl methyl sites for hydroxylation is 1. The summed E-state index contributed by atoms with van der Waals surface area (Å²) in [7, 11) is 0. The molecule has 0 radical (unpaired) electrons. The van der Waals surface area contributed by atoms with Crippen molar-refractivity contribution >= 4 is 39.3 Å². The van der Waals surface area contributed by atoms with Gasteiger partial charge in [-0.3, -0.25) is 4.79 Å². The second-order valence-electron chi connectivity index (χ2n) is 3.99. The highest BCUT2D eigenvalue weighted by atomic mass is 79.9. The fourth-order valence-electron chi connectivity index (χ4n) is 1.66. The van der Waals surface area contributed by atoms with E-state index in [1.165, 1.54) is 0 Å². The Morgan fingerprint density at radius 3 is 2.79 bits per heavy atom. The van der Waals surface area contributed by atoms with Crippen LogP contribution in [0.4, 0.5) is 5.69 Å². The van der Waals surface area contributed by atoms with E-state index in [9.17, 15) is 4.79 Å². The minimum Gasteiger partial charge on any atom is -0.321 e. The van der Waals surface area contributed by atoms with Gasteiger partial charge < -0.3 is 5.32 Å². The zero-order valence-corrected chi connectivity index (χ0v) is 13.0. The molecule has 0 saturated heterocycles. The van der Waals surface area contributed by atoms with E-state index in [0.717, 1.165) is 15.1 Å². The molecular weight excluding hydrogens is 324 g/mol. The largest absolute Gasteiger partial charge is 0.321 e. The number of nitrogens with one attached hydrogen (secondary N) is 1. The van der Waals surface area contributed by atoms with E-state index in [1.807, 2.05) is 43.5 Å². The van der Waals surface area contributed by atoms with Gasteiger partial charge in [-0.1, -0.05) is 12.1 Å². The summed E-state index contributed by atoms with van der Waals surface area (Å²) in [5.74, 6) is -0.117. The molecule has 3 nitrogen and oxygen atoms in total. The number of benzene rings is 1. The van der Waals surface area contributed by atoms with Crippen molar-refractivity contribution in [1.29, 1.82) is 0 Å². The van der Waals surface area contributed by atoms with E-state index >= 15 is 0 Å². The van der Waals surface area contributed by atoms with Gasteiger partial charge in [0.25, 0.3) is 5.91 Å². The quantitative estimate of drug-likeness (QED) is 0.676. The zero-order valence-electron chi connectivity index (χ0n) is 10.6. The average molecular weight is 337 g/mol. The molecular formula is C14H13BrN2OS. The highest BCUT2D eigenvalue weighted by Crippen LogP contribution is 2.22. The minimum atomic E-state index is -0.117. The highest BCUT2D eigenvalue weighted by Gasteiger charge is 2.11. The summed E-state index contributed by atoms with van der Waals surface area (Å²) in [6.07, 6.45) is 3.59. The highest BCUT2D eigenvalue weighted by molar-refractivity contribution is 9.10. The minimum absolute atomic E-state index is 0.117. The van der Waals surface area contributed by atoms with E-state index in [-0.39, 0.29) is 5.91 Å². The lowest BCUT2D eigenvalue weighted by Gasteiger charge is -2.09. The maximum Gasteiger partial charge on any atom is 0.256 e. The van der Waals surface area contributed by atoms with Crippen molar-refractivity contribution in [1.82, 2.24) is 4.98 Å². The molecule has 0 aliphatic heterocycles. The Labute approximate surface area is 125 Å². The number of anilines is 1. The molecule has 1 amide bonds. The Morgan fingerprint density at radius 2 is 2.11 bits per heavy atom. The van der Waals surface area contributed by atoms with Crippen molar-refractivity contribution in [2.24, 2.45) is 0 Å². The summed E-state index contributed by atoms with van der Waals surface area (Å²) in [6, 6.07) is 9.43. The average Bonchev–Trinajstić information content (AvgIpc) is 2.43. The predicted molar refractivity (Wildman–Crippen MR) is 82.9 cm³/mol. The molecule has 0 saturated carbocycles. The van der Waals surface area contributed by atoms with Crippen LogP contribution in [-0.2, 0) is 0 Å². The molecule has 0 unspecified atom stereocenters. The van der Waals surface area contributed by atoms with Crippen LogP contribution in [0.15, 0.2) is 46.0 Å². The monoisotopic (exact) mass is 336 g/mol. The zero-order chi connectivity index (χ0) is 13.8. The number of amides is 1. The molecule has 0 bridgehead atoms. The lowest BCUT2D eigenvalue weighted by atomic mass is 10.2. The van der Waals surface area contributed by atoms with Crippen molar-refractivity contribution in [3.05, 3.63) is 52.3 Å². The van der Waals surface area contributed by atoms with Crippen molar-refractivity contribution < 1.29 is 4.79 Å². The number of carbonyl (C=O) groups excluding carboxylic acids is 1. The molecule has 0 atom stereocenters. The third-order valence-corrected chi connectivity index (χ3v) is 4.25. The number of thioether (sulfide) groups is 1. The smallest absolute Gasteiger partial charge is 0.256 e. The van der Waals surface area contributed by atoms with E-state index < -0.39 is 0 Å². The molecule has 5 heteroatoms. The lowest BCUT2D eigenvalue weighted by molar-refractivity contribution is 0.102. The first-order valence-corrected chi connectivity index (χ1v) is 7.70. The van der Waals surface area contributed by atoms with Crippen LogP contribution in [-0.4, -0.2) is 17.1 Å². The standard InChI is InChI=1S/C14H13BrN2OS/c1-9-7-10(8-16-13(9)15)17-14(18)11-5-3-4-6-12(11)19-2/h3-8H,1-2H3,(H,17,18). The fourth-order valence-corrected chi connectivity index (χ4v) is 2.47. The van der Waals surface area contributed by atoms with Crippen LogP contribution in [0.1, 0.15) is 15.9 Å². The van der Waals surface area contributed by atoms with E-state index in [1.54, 1.807) is 18.0 Å². The molecule has 0 aliphatic carbocycles. The van der Waals surface area contributed by atoms with Gasteiger partial charge in [-0.15, -0.1) is 11.8 Å². The van der Waals surface area contributed by atoms with Crippen LogP contribution >= 0.6 is 27.7 Å². The molecule has 2 aromatic rings. The Morgan fingerprint density at radius 1 is 1.37 bits per heavy atom. The number of halogens is 1. The number of nitrogens with zero attached hydrogens (tertiary/aromatic N) is 1. The van der Waals surface area contributed by atoms with Crippen LogP contribution in [0.3, 0.4) is 0 Å². The van der Waals surface area contributed by atoms with Gasteiger partial charge in [-0.25, -0.2) is 4.98 Å². The maximum absolute atomic E-state index is 12.2. The number of hydrogen-bond acceptors (Lipinski definition) is 3. The molecule has 0 aliphatic rings. The topological polar surface area (TPSA) is 42.0 Å². The first-order valence-electron chi connectivity index (χ1n) is 5.68. The second kappa shape index (κ2) is 6.21. The van der Waals surface area contributed by atoms with Crippen molar-refractivity contribution in [3.8, 4) is 0 Å². The molecule has 98 valence electrons. The van der Waals surface area contributed by atoms with E-state index in [2.05, 4.69) is 26.2 Å². The third kappa shape index (κ3) is 3.36. The second-order valence-corrected chi connectivity index (χ2v) is 5.59. The molecule has 2 rings (SSSR count). The van der Waals surface area contributed by atoms with Crippen LogP contribution in [0.25, 0.3) is 0 Å². The summed E-state index contributed by atoms with van der Waals surface area (Å²) >= 11 is 4.89. The summed E-state index contributed by atoms with van der Waals surface area (Å²) in [6.45, 7) is 1.93. The summed E-state index contributed by atoms with van der Waals surface area (Å²) in [4.78, 5) is 17.4. The van der Waals surface area contributed by atoms with Gasteiger partial charge in [0.1, 0.15) is 4.60 Å². The number of rotatable bonds is 3. The first-order chi connectivity index (χ1) is 9.11. The van der Waals surface area contributed by atoms with Gasteiger partial charge in [0, 0.05) is 4.90 Å². The Bertz CT molecular complexity index is 616. The summed E-state index contributed by atoms with van der Waals surface area (Å²) < 4.78 is 0.787. The van der Waals surface area contributed by atoms with E-state index in [0.29, 0.717) is 11.3 Å². The summed E-state index contributed by atoms with van der Waals surface area (Å²) in [5.41, 5.74) is 2.35. The van der Waals surface area contributed by atoms with Gasteiger partial charge in [0.15, 0.2) is 0 Å². The van der Waals surface area contributed by atoms with Crippen LogP contribution in [0.5, 0.6) is 0 Å². The first kappa shape index (κ1) is 14.1. The Kier molecular flexibility index (Phi) is 4.61. The SMILES string of the molecule is CSc1ccccc1C(=O)Nc1cnc(Br)c(C)c1. The molecule has 0 fully saturated rings. The van der Waals surface area contributed by atoms with Crippen molar-refractivity contribution in [2.75, 3.05) is 11.6 Å². The lowest BCUT2D eigenvalue weighted by Crippen LogP contribution is -2.13. The number of carbonyl (C=O) groups is 1. The van der Waals surface area contributed by atoms with Gasteiger partial charge >= 0.3 is 0 Å². The molecule has 0 spiro atoms. The molecule has 1 aromatic carbocycles. The van der Waals surface area contributed by atoms with Gasteiger partial charge in [-0.2, -0.15) is 0 Å². The van der Waals surface area contributed by atoms with Crippen molar-refractivity contribution in [2.45, 2.75) is 11.8 Å². The summed E-state index contributed by atoms with van der Waals surface area (Å²) in [5, 5.41) is 2.87. The van der Waals surface area contributed by atoms with Crippen LogP contribution in [0.2, 0.25) is 0 Å². The number of pyridine rings is 1. The number of hydrogen-bond donors (Lipinski definition) is 1. The van der Waals surface area contributed by atoms with Crippen molar-refractivity contribution in [3.63, 3.8) is 0 Å². The van der Waals surface area contributed by atoms with Gasteiger partial charge in [0.05, 0.1) is 17.4 Å². The van der Waals surface area contributed by atoms with Gasteiger partial charge in [-0.05, 0) is 52.9 Å². The normalized spacial score (nSPS) is 10.3. The number of aromatic nitrogens is 1.